The molecule has 0 aliphatic carbocycles. The van der Waals surface area contributed by atoms with Gasteiger partial charge in [0.05, 0.1) is 0 Å². The van der Waals surface area contributed by atoms with Gasteiger partial charge in [0.25, 0.3) is 5.91 Å². The Labute approximate surface area is 127 Å². The molecule has 3 nitrogen and oxygen atoms in total. The average Bonchev–Trinajstić information content (AvgIpc) is 2.45. The number of hydrogen-bond acceptors (Lipinski definition) is 2. The van der Waals surface area contributed by atoms with Gasteiger partial charge < -0.3 is 10.6 Å². The molecule has 0 aliphatic rings. The Morgan fingerprint density at radius 2 is 2.00 bits per heavy atom. The van der Waals surface area contributed by atoms with Gasteiger partial charge in [-0.15, -0.1) is 0 Å². The van der Waals surface area contributed by atoms with E-state index in [4.69, 9.17) is 0 Å². The van der Waals surface area contributed by atoms with E-state index in [2.05, 4.69) is 38.7 Å². The highest BCUT2D eigenvalue weighted by Crippen LogP contribution is 2.18. The van der Waals surface area contributed by atoms with Crippen LogP contribution in [-0.4, -0.2) is 13.0 Å². The first kappa shape index (κ1) is 14.6. The first-order chi connectivity index (χ1) is 9.60. The average molecular weight is 333 g/mol. The van der Waals surface area contributed by atoms with Gasteiger partial charge in [0.15, 0.2) is 0 Å². The van der Waals surface area contributed by atoms with E-state index < -0.39 is 0 Å². The molecule has 104 valence electrons. The Balaban J connectivity index is 2.08. The summed E-state index contributed by atoms with van der Waals surface area (Å²) in [5.74, 6) is -0.0633. The van der Waals surface area contributed by atoms with Crippen molar-refractivity contribution in [2.45, 2.75) is 13.5 Å². The molecule has 0 heterocycles. The summed E-state index contributed by atoms with van der Waals surface area (Å²) in [6.45, 7) is 2.75. The minimum absolute atomic E-state index is 0.0633. The molecule has 2 aromatic carbocycles. The first-order valence-electron chi connectivity index (χ1n) is 6.41. The molecule has 0 bridgehead atoms. The predicted octanol–water partition coefficient (Wildman–Crippen LogP) is 3.73. The third kappa shape index (κ3) is 3.61. The fourth-order valence-corrected chi connectivity index (χ4v) is 2.44. The van der Waals surface area contributed by atoms with Crippen LogP contribution in [0.2, 0.25) is 0 Å². The molecule has 0 atom stereocenters. The summed E-state index contributed by atoms with van der Waals surface area (Å²) in [6.07, 6.45) is 0. The molecule has 0 saturated heterocycles. The van der Waals surface area contributed by atoms with Gasteiger partial charge in [0.1, 0.15) is 0 Å². The Morgan fingerprint density at radius 1 is 1.20 bits per heavy atom. The van der Waals surface area contributed by atoms with Crippen LogP contribution in [0.5, 0.6) is 0 Å². The minimum Gasteiger partial charge on any atom is -0.381 e. The van der Waals surface area contributed by atoms with Crippen molar-refractivity contribution in [2.75, 3.05) is 12.4 Å². The van der Waals surface area contributed by atoms with Crippen LogP contribution in [0, 0.1) is 6.92 Å². The Bertz CT molecular complexity index is 626. The maximum absolute atomic E-state index is 11.6. The van der Waals surface area contributed by atoms with Crippen molar-refractivity contribution in [3.8, 4) is 0 Å². The molecule has 2 rings (SSSR count). The molecule has 20 heavy (non-hydrogen) atoms. The van der Waals surface area contributed by atoms with Gasteiger partial charge in [-0.1, -0.05) is 28.1 Å². The molecule has 0 radical (unpaired) electrons. The third-order valence-corrected chi connectivity index (χ3v) is 3.58. The van der Waals surface area contributed by atoms with E-state index in [0.29, 0.717) is 5.56 Å². The van der Waals surface area contributed by atoms with Crippen molar-refractivity contribution in [2.24, 2.45) is 0 Å². The molecule has 2 aromatic rings. The lowest BCUT2D eigenvalue weighted by Crippen LogP contribution is -2.17. The lowest BCUT2D eigenvalue weighted by molar-refractivity contribution is 0.0963. The number of carbonyl (C=O) groups is 1. The zero-order chi connectivity index (χ0) is 14.5. The van der Waals surface area contributed by atoms with Gasteiger partial charge in [0, 0.05) is 29.3 Å². The highest BCUT2D eigenvalue weighted by Gasteiger charge is 2.05. The maximum atomic E-state index is 11.6. The SMILES string of the molecule is CNC(=O)c1ccc(NCc2cccc(Br)c2)c(C)c1. The summed E-state index contributed by atoms with van der Waals surface area (Å²) in [7, 11) is 1.64. The Morgan fingerprint density at radius 3 is 2.65 bits per heavy atom. The van der Waals surface area contributed by atoms with Crippen LogP contribution in [0.1, 0.15) is 21.5 Å². The number of hydrogen-bond donors (Lipinski definition) is 2. The van der Waals surface area contributed by atoms with Crippen LogP contribution in [0.15, 0.2) is 46.9 Å². The lowest BCUT2D eigenvalue weighted by Gasteiger charge is -2.11. The van der Waals surface area contributed by atoms with Crippen molar-refractivity contribution >= 4 is 27.5 Å². The number of nitrogens with one attached hydrogen (secondary N) is 2. The second kappa shape index (κ2) is 6.57. The van der Waals surface area contributed by atoms with Crippen LogP contribution in [0.4, 0.5) is 5.69 Å². The van der Waals surface area contributed by atoms with Gasteiger partial charge >= 0.3 is 0 Å². The molecule has 2 N–H and O–H groups in total. The van der Waals surface area contributed by atoms with Gasteiger partial charge in [-0.25, -0.2) is 0 Å². The summed E-state index contributed by atoms with van der Waals surface area (Å²) in [4.78, 5) is 11.6. The standard InChI is InChI=1S/C16H17BrN2O/c1-11-8-13(16(20)18-2)6-7-15(11)19-10-12-4-3-5-14(17)9-12/h3-9,19H,10H2,1-2H3,(H,18,20). The smallest absolute Gasteiger partial charge is 0.251 e. The van der Waals surface area contributed by atoms with Crippen LogP contribution in [0.25, 0.3) is 0 Å². The number of aryl methyl sites for hydroxylation is 1. The Hall–Kier alpha value is -1.81. The molecule has 0 unspecified atom stereocenters. The molecule has 0 aliphatic heterocycles. The number of benzene rings is 2. The van der Waals surface area contributed by atoms with E-state index in [9.17, 15) is 4.79 Å². The molecule has 0 aromatic heterocycles. The van der Waals surface area contributed by atoms with Crippen LogP contribution in [-0.2, 0) is 6.54 Å². The largest absolute Gasteiger partial charge is 0.381 e. The molecular formula is C16H17BrN2O. The second-order valence-corrected chi connectivity index (χ2v) is 5.51. The topological polar surface area (TPSA) is 41.1 Å². The molecule has 1 amide bonds. The molecule has 0 fully saturated rings. The van der Waals surface area contributed by atoms with E-state index in [-0.39, 0.29) is 5.91 Å². The normalized spacial score (nSPS) is 10.2. The highest BCUT2D eigenvalue weighted by molar-refractivity contribution is 9.10. The lowest BCUT2D eigenvalue weighted by atomic mass is 10.1. The van der Waals surface area contributed by atoms with Gasteiger partial charge in [0.2, 0.25) is 0 Å². The molecule has 4 heteroatoms. The van der Waals surface area contributed by atoms with Crippen LogP contribution in [0.3, 0.4) is 0 Å². The van der Waals surface area contributed by atoms with Crippen molar-refractivity contribution in [1.29, 1.82) is 0 Å². The van der Waals surface area contributed by atoms with E-state index in [1.807, 2.05) is 37.3 Å². The second-order valence-electron chi connectivity index (χ2n) is 4.59. The fraction of sp³-hybridized carbons (Fsp3) is 0.188. The van der Waals surface area contributed by atoms with Crippen molar-refractivity contribution in [1.82, 2.24) is 5.32 Å². The molecule has 0 spiro atoms. The van der Waals surface area contributed by atoms with Crippen LogP contribution < -0.4 is 10.6 Å². The summed E-state index contributed by atoms with van der Waals surface area (Å²) in [6, 6.07) is 13.8. The number of halogens is 1. The van der Waals surface area contributed by atoms with Gasteiger partial charge in [-0.05, 0) is 48.4 Å². The zero-order valence-corrected chi connectivity index (χ0v) is 13.1. The summed E-state index contributed by atoms with van der Waals surface area (Å²) >= 11 is 3.46. The van der Waals surface area contributed by atoms with E-state index in [0.717, 1.165) is 22.3 Å². The zero-order valence-electron chi connectivity index (χ0n) is 11.5. The van der Waals surface area contributed by atoms with E-state index in [1.165, 1.54) is 5.56 Å². The summed E-state index contributed by atoms with van der Waals surface area (Å²) in [5, 5.41) is 6.02. The third-order valence-electron chi connectivity index (χ3n) is 3.09. The number of anilines is 1. The van der Waals surface area contributed by atoms with Gasteiger partial charge in [-0.3, -0.25) is 4.79 Å². The quantitative estimate of drug-likeness (QED) is 0.895. The maximum Gasteiger partial charge on any atom is 0.251 e. The number of carbonyl (C=O) groups excluding carboxylic acids is 1. The highest BCUT2D eigenvalue weighted by atomic mass is 79.9. The monoisotopic (exact) mass is 332 g/mol. The van der Waals surface area contributed by atoms with Crippen molar-refractivity contribution in [3.63, 3.8) is 0 Å². The van der Waals surface area contributed by atoms with E-state index >= 15 is 0 Å². The fourth-order valence-electron chi connectivity index (χ4n) is 1.99. The van der Waals surface area contributed by atoms with Crippen LogP contribution >= 0.6 is 15.9 Å². The molecular weight excluding hydrogens is 316 g/mol. The minimum atomic E-state index is -0.0633. The molecule has 0 saturated carbocycles. The summed E-state index contributed by atoms with van der Waals surface area (Å²) < 4.78 is 1.07. The first-order valence-corrected chi connectivity index (χ1v) is 7.20. The predicted molar refractivity (Wildman–Crippen MR) is 86.0 cm³/mol. The Kier molecular flexibility index (Phi) is 4.79. The number of amides is 1. The summed E-state index contributed by atoms with van der Waals surface area (Å²) in [5.41, 5.74) is 3.98. The van der Waals surface area contributed by atoms with Gasteiger partial charge in [-0.2, -0.15) is 0 Å². The number of rotatable bonds is 4. The van der Waals surface area contributed by atoms with Crippen molar-refractivity contribution in [3.05, 3.63) is 63.6 Å². The van der Waals surface area contributed by atoms with Crippen molar-refractivity contribution < 1.29 is 4.79 Å². The van der Waals surface area contributed by atoms with E-state index in [1.54, 1.807) is 7.05 Å².